The summed E-state index contributed by atoms with van der Waals surface area (Å²) >= 11 is 1.44. The monoisotopic (exact) mass is 373 g/mol. The van der Waals surface area contributed by atoms with E-state index in [1.54, 1.807) is 0 Å². The molecule has 27 heavy (non-hydrogen) atoms. The summed E-state index contributed by atoms with van der Waals surface area (Å²) < 4.78 is 2.11. The third-order valence-corrected chi connectivity index (χ3v) is 5.15. The van der Waals surface area contributed by atoms with Crippen molar-refractivity contribution in [1.82, 2.24) is 9.55 Å². The summed E-state index contributed by atoms with van der Waals surface area (Å²) in [6.45, 7) is 2.07. The van der Waals surface area contributed by atoms with Gasteiger partial charge in [0.25, 0.3) is 0 Å². The molecule has 134 valence electrons. The van der Waals surface area contributed by atoms with Crippen molar-refractivity contribution >= 4 is 34.4 Å². The van der Waals surface area contributed by atoms with Gasteiger partial charge in [0.2, 0.25) is 5.91 Å². The summed E-state index contributed by atoms with van der Waals surface area (Å²) in [5.41, 5.74) is 5.01. The van der Waals surface area contributed by atoms with E-state index in [1.807, 2.05) is 48.5 Å². The number of nitrogens with one attached hydrogen (secondary N) is 1. The molecule has 4 rings (SSSR count). The van der Waals surface area contributed by atoms with Gasteiger partial charge in [-0.05, 0) is 43.3 Å². The standard InChI is InChI=1S/C22H19N3OS/c1-16-11-13-18(14-12-16)25-20-10-6-5-9-19(20)24-22(25)27-15-21(26)23-17-7-3-2-4-8-17/h2-14H,15H2,1H3,(H,23,26). The van der Waals surface area contributed by atoms with Gasteiger partial charge in [0.05, 0.1) is 16.8 Å². The number of aromatic nitrogens is 2. The number of para-hydroxylation sites is 3. The highest BCUT2D eigenvalue weighted by atomic mass is 32.2. The number of benzene rings is 3. The Bertz CT molecular complexity index is 1070. The zero-order valence-electron chi connectivity index (χ0n) is 14.9. The van der Waals surface area contributed by atoms with Crippen molar-refractivity contribution in [3.63, 3.8) is 0 Å². The van der Waals surface area contributed by atoms with E-state index in [0.717, 1.165) is 27.6 Å². The van der Waals surface area contributed by atoms with Crippen LogP contribution >= 0.6 is 11.8 Å². The molecule has 0 spiro atoms. The number of carbonyl (C=O) groups excluding carboxylic acids is 1. The molecular formula is C22H19N3OS. The van der Waals surface area contributed by atoms with Crippen molar-refractivity contribution in [3.8, 4) is 5.69 Å². The van der Waals surface area contributed by atoms with Crippen LogP contribution in [0.5, 0.6) is 0 Å². The summed E-state index contributed by atoms with van der Waals surface area (Å²) in [4.78, 5) is 17.1. The number of carbonyl (C=O) groups is 1. The van der Waals surface area contributed by atoms with Gasteiger partial charge in [-0.15, -0.1) is 0 Å². The van der Waals surface area contributed by atoms with Crippen LogP contribution in [0.25, 0.3) is 16.7 Å². The Morgan fingerprint density at radius 1 is 0.963 bits per heavy atom. The van der Waals surface area contributed by atoms with Gasteiger partial charge in [0, 0.05) is 11.4 Å². The van der Waals surface area contributed by atoms with Crippen LogP contribution in [0.15, 0.2) is 84.0 Å². The van der Waals surface area contributed by atoms with Crippen molar-refractivity contribution in [2.24, 2.45) is 0 Å². The van der Waals surface area contributed by atoms with Crippen LogP contribution < -0.4 is 5.32 Å². The molecule has 4 nitrogen and oxygen atoms in total. The lowest BCUT2D eigenvalue weighted by atomic mass is 10.2. The van der Waals surface area contributed by atoms with Crippen molar-refractivity contribution in [1.29, 1.82) is 0 Å². The molecule has 0 aliphatic rings. The minimum absolute atomic E-state index is 0.0475. The first-order chi connectivity index (χ1) is 13.2. The molecular weight excluding hydrogens is 354 g/mol. The fourth-order valence-electron chi connectivity index (χ4n) is 2.89. The van der Waals surface area contributed by atoms with Crippen LogP contribution in [0.3, 0.4) is 0 Å². The molecule has 1 aromatic heterocycles. The smallest absolute Gasteiger partial charge is 0.234 e. The van der Waals surface area contributed by atoms with Gasteiger partial charge < -0.3 is 5.32 Å². The van der Waals surface area contributed by atoms with Gasteiger partial charge in [-0.25, -0.2) is 4.98 Å². The predicted octanol–water partition coefficient (Wildman–Crippen LogP) is 5.06. The van der Waals surface area contributed by atoms with E-state index >= 15 is 0 Å². The molecule has 0 unspecified atom stereocenters. The first kappa shape index (κ1) is 17.4. The zero-order valence-corrected chi connectivity index (χ0v) is 15.7. The van der Waals surface area contributed by atoms with Gasteiger partial charge in [0.1, 0.15) is 0 Å². The SMILES string of the molecule is Cc1ccc(-n2c(SCC(=O)Nc3ccccc3)nc3ccccc32)cc1. The summed E-state index contributed by atoms with van der Waals surface area (Å²) in [6, 6.07) is 25.8. The lowest BCUT2D eigenvalue weighted by Crippen LogP contribution is -2.14. The van der Waals surface area contributed by atoms with Crippen molar-refractivity contribution in [2.75, 3.05) is 11.1 Å². The summed E-state index contributed by atoms with van der Waals surface area (Å²) in [7, 11) is 0. The fraction of sp³-hybridized carbons (Fsp3) is 0.0909. The van der Waals surface area contributed by atoms with Crippen LogP contribution in [0.2, 0.25) is 0 Å². The molecule has 0 bridgehead atoms. The van der Waals surface area contributed by atoms with Gasteiger partial charge in [-0.2, -0.15) is 0 Å². The number of aryl methyl sites for hydroxylation is 1. The number of imidazole rings is 1. The molecule has 3 aromatic carbocycles. The third-order valence-electron chi connectivity index (χ3n) is 4.21. The molecule has 0 saturated heterocycles. The Morgan fingerprint density at radius 2 is 1.67 bits per heavy atom. The molecule has 0 aliphatic carbocycles. The number of thioether (sulfide) groups is 1. The van der Waals surface area contributed by atoms with Gasteiger partial charge in [-0.3, -0.25) is 9.36 Å². The van der Waals surface area contributed by atoms with E-state index < -0.39 is 0 Å². The van der Waals surface area contributed by atoms with E-state index in [-0.39, 0.29) is 5.91 Å². The van der Waals surface area contributed by atoms with E-state index in [1.165, 1.54) is 17.3 Å². The highest BCUT2D eigenvalue weighted by Crippen LogP contribution is 2.28. The molecule has 0 radical (unpaired) electrons. The Morgan fingerprint density at radius 3 is 2.44 bits per heavy atom. The average Bonchev–Trinajstić information content (AvgIpc) is 3.06. The highest BCUT2D eigenvalue weighted by molar-refractivity contribution is 7.99. The average molecular weight is 373 g/mol. The molecule has 4 aromatic rings. The Balaban J connectivity index is 1.60. The van der Waals surface area contributed by atoms with Gasteiger partial charge >= 0.3 is 0 Å². The second kappa shape index (κ2) is 7.68. The van der Waals surface area contributed by atoms with Crippen LogP contribution in [-0.4, -0.2) is 21.2 Å². The normalized spacial score (nSPS) is 10.9. The fourth-order valence-corrected chi connectivity index (χ4v) is 3.72. The van der Waals surface area contributed by atoms with Crippen LogP contribution in [-0.2, 0) is 4.79 Å². The molecule has 5 heteroatoms. The van der Waals surface area contributed by atoms with Gasteiger partial charge in [-0.1, -0.05) is 59.8 Å². The van der Waals surface area contributed by atoms with Crippen molar-refractivity contribution in [2.45, 2.75) is 12.1 Å². The quantitative estimate of drug-likeness (QED) is 0.497. The number of nitrogens with zero attached hydrogens (tertiary/aromatic N) is 2. The van der Waals surface area contributed by atoms with Crippen LogP contribution in [0.4, 0.5) is 5.69 Å². The van der Waals surface area contributed by atoms with Crippen molar-refractivity contribution < 1.29 is 4.79 Å². The topological polar surface area (TPSA) is 46.9 Å². The molecule has 0 fully saturated rings. The highest BCUT2D eigenvalue weighted by Gasteiger charge is 2.14. The number of fused-ring (bicyclic) bond motifs is 1. The zero-order chi connectivity index (χ0) is 18.6. The summed E-state index contributed by atoms with van der Waals surface area (Å²) in [5.74, 6) is 0.248. The van der Waals surface area contributed by atoms with E-state index in [2.05, 4.69) is 47.1 Å². The lowest BCUT2D eigenvalue weighted by Gasteiger charge is -2.09. The number of anilines is 1. The second-order valence-corrected chi connectivity index (χ2v) is 7.20. The Kier molecular flexibility index (Phi) is 4.94. The molecule has 0 atom stereocenters. The summed E-state index contributed by atoms with van der Waals surface area (Å²) in [6.07, 6.45) is 0. The second-order valence-electron chi connectivity index (χ2n) is 6.26. The van der Waals surface area contributed by atoms with Crippen LogP contribution in [0.1, 0.15) is 5.56 Å². The number of hydrogen-bond acceptors (Lipinski definition) is 3. The number of amides is 1. The Labute approximate surface area is 162 Å². The molecule has 0 saturated carbocycles. The number of hydrogen-bond donors (Lipinski definition) is 1. The van der Waals surface area contributed by atoms with E-state index in [4.69, 9.17) is 4.98 Å². The lowest BCUT2D eigenvalue weighted by molar-refractivity contribution is -0.113. The Hall–Kier alpha value is -3.05. The van der Waals surface area contributed by atoms with E-state index in [9.17, 15) is 4.79 Å². The molecule has 1 amide bonds. The maximum absolute atomic E-state index is 12.3. The minimum Gasteiger partial charge on any atom is -0.325 e. The van der Waals surface area contributed by atoms with E-state index in [0.29, 0.717) is 5.75 Å². The maximum Gasteiger partial charge on any atom is 0.234 e. The molecule has 0 aliphatic heterocycles. The molecule has 1 heterocycles. The third kappa shape index (κ3) is 3.88. The largest absolute Gasteiger partial charge is 0.325 e. The summed E-state index contributed by atoms with van der Waals surface area (Å²) in [5, 5.41) is 3.72. The number of rotatable bonds is 5. The van der Waals surface area contributed by atoms with Crippen LogP contribution in [0, 0.1) is 6.92 Å². The first-order valence-corrected chi connectivity index (χ1v) is 9.71. The minimum atomic E-state index is -0.0475. The predicted molar refractivity (Wildman–Crippen MR) is 112 cm³/mol. The van der Waals surface area contributed by atoms with Crippen molar-refractivity contribution in [3.05, 3.63) is 84.4 Å². The first-order valence-electron chi connectivity index (χ1n) is 8.73. The van der Waals surface area contributed by atoms with Gasteiger partial charge in [0.15, 0.2) is 5.16 Å². The molecule has 1 N–H and O–H groups in total. The maximum atomic E-state index is 12.3.